The van der Waals surface area contributed by atoms with E-state index in [1.54, 1.807) is 6.92 Å². The lowest BCUT2D eigenvalue weighted by Gasteiger charge is -2.12. The van der Waals surface area contributed by atoms with Gasteiger partial charge in [0.15, 0.2) is 0 Å². The molecule has 0 aromatic rings. The predicted octanol–water partition coefficient (Wildman–Crippen LogP) is 6.63. The Bertz CT molecular complexity index is 647. The number of Topliss-reactive ketones (excluding diaryl/α,β-unsaturated/α-hetero) is 1. The van der Waals surface area contributed by atoms with Gasteiger partial charge in [-0.25, -0.2) is 0 Å². The van der Waals surface area contributed by atoms with E-state index in [-0.39, 0.29) is 13.3 Å². The van der Waals surface area contributed by atoms with Crippen molar-refractivity contribution in [1.29, 1.82) is 0 Å². The van der Waals surface area contributed by atoms with E-state index in [9.17, 15) is 19.2 Å². The van der Waals surface area contributed by atoms with Gasteiger partial charge in [0.25, 0.3) is 0 Å². The van der Waals surface area contributed by atoms with Gasteiger partial charge in [-0.15, -0.1) is 0 Å². The summed E-state index contributed by atoms with van der Waals surface area (Å²) < 4.78 is 0. The van der Waals surface area contributed by atoms with E-state index in [1.807, 2.05) is 0 Å². The predicted molar refractivity (Wildman–Crippen MR) is 154 cm³/mol. The van der Waals surface area contributed by atoms with Crippen molar-refractivity contribution in [1.82, 2.24) is 5.32 Å². The van der Waals surface area contributed by atoms with Crippen molar-refractivity contribution in [2.45, 2.75) is 154 Å². The molecule has 0 saturated carbocycles. The van der Waals surface area contributed by atoms with Crippen molar-refractivity contribution in [3.05, 3.63) is 0 Å². The number of carboxylic acid groups (broad SMARTS) is 2. The number of unbranched alkanes of at least 4 members (excludes halogenated alkanes) is 14. The Hall–Kier alpha value is -1.96. The molecule has 0 heterocycles. The Morgan fingerprint density at radius 3 is 1.53 bits per heavy atom. The molecule has 0 fully saturated rings. The maximum absolute atomic E-state index is 12.1. The minimum absolute atomic E-state index is 0. The van der Waals surface area contributed by atoms with Crippen molar-refractivity contribution in [2.75, 3.05) is 6.54 Å². The molecule has 0 aliphatic rings. The monoisotopic (exact) mass is 542 g/mol. The fourth-order valence-electron chi connectivity index (χ4n) is 4.53. The fourth-order valence-corrected chi connectivity index (χ4v) is 4.53. The zero-order chi connectivity index (χ0) is 28.4. The average Bonchev–Trinajstić information content (AvgIpc) is 2.87. The average molecular weight is 543 g/mol. The highest BCUT2D eigenvalue weighted by atomic mass is 16.4. The van der Waals surface area contributed by atoms with Crippen molar-refractivity contribution >= 4 is 23.6 Å². The molecule has 0 saturated heterocycles. The van der Waals surface area contributed by atoms with Crippen LogP contribution in [0.5, 0.6) is 0 Å². The summed E-state index contributed by atoms with van der Waals surface area (Å²) in [6, 6.07) is -0.529. The Labute approximate surface area is 232 Å². The van der Waals surface area contributed by atoms with Crippen LogP contribution in [0.15, 0.2) is 0 Å². The van der Waals surface area contributed by atoms with Gasteiger partial charge in [0, 0.05) is 27.2 Å². The van der Waals surface area contributed by atoms with Crippen LogP contribution in [-0.2, 0) is 19.2 Å². The topological polar surface area (TPSA) is 147 Å². The Kier molecular flexibility index (Phi) is 24.0. The molecule has 0 spiro atoms. The first kappa shape index (κ1) is 36.0. The SMILES string of the molecule is C[C@@H](CCCCNC(=O)[C@@H](N)CCCCCC(=O)CCCCCCCCCCCCCCC(=O)O)C(=O)O.[HH]. The Balaban J connectivity index is 0. The summed E-state index contributed by atoms with van der Waals surface area (Å²) in [4.78, 5) is 45.4. The third-order valence-corrected chi connectivity index (χ3v) is 7.19. The van der Waals surface area contributed by atoms with Gasteiger partial charge in [-0.3, -0.25) is 19.2 Å². The molecular formula is C30H58N2O6. The largest absolute Gasteiger partial charge is 0.481 e. The highest BCUT2D eigenvalue weighted by molar-refractivity contribution is 5.81. The lowest BCUT2D eigenvalue weighted by molar-refractivity contribution is -0.141. The second-order valence-corrected chi connectivity index (χ2v) is 10.9. The molecule has 0 aliphatic carbocycles. The molecule has 0 aromatic carbocycles. The van der Waals surface area contributed by atoms with E-state index in [4.69, 9.17) is 15.9 Å². The van der Waals surface area contributed by atoms with Gasteiger partial charge in [-0.2, -0.15) is 0 Å². The molecule has 1 amide bonds. The van der Waals surface area contributed by atoms with Crippen LogP contribution < -0.4 is 11.1 Å². The van der Waals surface area contributed by atoms with Crippen LogP contribution in [0.1, 0.15) is 150 Å². The normalized spacial score (nSPS) is 12.7. The van der Waals surface area contributed by atoms with Crippen molar-refractivity contribution in [3.63, 3.8) is 0 Å². The van der Waals surface area contributed by atoms with E-state index in [2.05, 4.69) is 5.32 Å². The summed E-state index contributed by atoms with van der Waals surface area (Å²) in [5, 5.41) is 20.3. The zero-order valence-corrected chi connectivity index (χ0v) is 24.0. The van der Waals surface area contributed by atoms with Gasteiger partial charge in [0.1, 0.15) is 5.78 Å². The second-order valence-electron chi connectivity index (χ2n) is 10.9. The molecule has 0 unspecified atom stereocenters. The Morgan fingerprint density at radius 1 is 0.632 bits per heavy atom. The molecule has 8 nitrogen and oxygen atoms in total. The summed E-state index contributed by atoms with van der Waals surface area (Å²) in [7, 11) is 0. The third-order valence-electron chi connectivity index (χ3n) is 7.19. The molecule has 0 radical (unpaired) electrons. The smallest absolute Gasteiger partial charge is 0.306 e. The van der Waals surface area contributed by atoms with Crippen LogP contribution in [0, 0.1) is 5.92 Å². The highest BCUT2D eigenvalue weighted by Gasteiger charge is 2.13. The molecule has 2 atom stereocenters. The molecule has 5 N–H and O–H groups in total. The van der Waals surface area contributed by atoms with Crippen molar-refractivity contribution in [3.8, 4) is 0 Å². The van der Waals surface area contributed by atoms with Gasteiger partial charge in [-0.05, 0) is 38.5 Å². The molecular weight excluding hydrogens is 484 g/mol. The number of hydrogen-bond donors (Lipinski definition) is 4. The van der Waals surface area contributed by atoms with E-state index in [1.165, 1.54) is 44.9 Å². The van der Waals surface area contributed by atoms with Crippen LogP contribution in [0.25, 0.3) is 0 Å². The van der Waals surface area contributed by atoms with Gasteiger partial charge < -0.3 is 21.3 Å². The van der Waals surface area contributed by atoms with Gasteiger partial charge >= 0.3 is 11.9 Å². The highest BCUT2D eigenvalue weighted by Crippen LogP contribution is 2.14. The van der Waals surface area contributed by atoms with Crippen LogP contribution in [0.2, 0.25) is 0 Å². The van der Waals surface area contributed by atoms with E-state index in [0.717, 1.165) is 64.2 Å². The van der Waals surface area contributed by atoms with E-state index >= 15 is 0 Å². The molecule has 8 heteroatoms. The molecule has 0 aromatic heterocycles. The number of carboxylic acids is 2. The van der Waals surface area contributed by atoms with Crippen LogP contribution in [0.4, 0.5) is 0 Å². The standard InChI is InChI=1S/C30H56N2O6.H2/c1-25(30(37)38)19-17-18-24-32-29(36)27(31)22-15-12-14-21-26(33)20-13-10-8-6-4-2-3-5-7-9-11-16-23-28(34)35;/h25,27H,2-24,31H2,1H3,(H,32,36)(H,34,35)(H,37,38);1H/t25-,27-;/m0./s1. The van der Waals surface area contributed by atoms with E-state index in [0.29, 0.717) is 44.4 Å². The number of nitrogens with two attached hydrogens (primary N) is 1. The summed E-state index contributed by atoms with van der Waals surface area (Å²) >= 11 is 0. The Morgan fingerprint density at radius 2 is 1.05 bits per heavy atom. The minimum Gasteiger partial charge on any atom is -0.481 e. The lowest BCUT2D eigenvalue weighted by atomic mass is 10.0. The van der Waals surface area contributed by atoms with Crippen molar-refractivity contribution < 1.29 is 30.8 Å². The first-order valence-corrected chi connectivity index (χ1v) is 15.2. The van der Waals surface area contributed by atoms with E-state index < -0.39 is 18.0 Å². The number of hydrogen-bond acceptors (Lipinski definition) is 5. The number of aliphatic carboxylic acids is 2. The van der Waals surface area contributed by atoms with Crippen LogP contribution >= 0.6 is 0 Å². The number of carbonyl (C=O) groups excluding carboxylic acids is 2. The third kappa shape index (κ3) is 24.4. The summed E-state index contributed by atoms with van der Waals surface area (Å²) in [6.45, 7) is 2.21. The number of ketones is 1. The van der Waals surface area contributed by atoms with Crippen molar-refractivity contribution in [2.24, 2.45) is 11.7 Å². The van der Waals surface area contributed by atoms with Gasteiger partial charge in [0.2, 0.25) is 5.91 Å². The zero-order valence-electron chi connectivity index (χ0n) is 24.0. The molecule has 38 heavy (non-hydrogen) atoms. The number of rotatable bonds is 28. The van der Waals surface area contributed by atoms with Gasteiger partial charge in [0.05, 0.1) is 12.0 Å². The summed E-state index contributed by atoms with van der Waals surface area (Å²) in [6.07, 6.45) is 20.7. The second kappa shape index (κ2) is 25.3. The minimum atomic E-state index is -0.785. The first-order chi connectivity index (χ1) is 18.2. The lowest BCUT2D eigenvalue weighted by Crippen LogP contribution is -2.40. The molecule has 0 rings (SSSR count). The summed E-state index contributed by atoms with van der Waals surface area (Å²) in [5.74, 6) is -1.65. The van der Waals surface area contributed by atoms with Gasteiger partial charge in [-0.1, -0.05) is 90.4 Å². The van der Waals surface area contributed by atoms with Crippen LogP contribution in [-0.4, -0.2) is 46.4 Å². The quantitative estimate of drug-likeness (QED) is 0.0811. The maximum Gasteiger partial charge on any atom is 0.306 e. The fraction of sp³-hybridized carbons (Fsp3) is 0.867. The molecule has 0 aliphatic heterocycles. The number of amides is 1. The molecule has 224 valence electrons. The molecule has 0 bridgehead atoms. The maximum atomic E-state index is 12.1. The summed E-state index contributed by atoms with van der Waals surface area (Å²) in [5.41, 5.74) is 5.96. The number of carbonyl (C=O) groups is 4. The first-order valence-electron chi connectivity index (χ1n) is 15.2. The number of nitrogens with one attached hydrogen (secondary N) is 1. The van der Waals surface area contributed by atoms with Crippen LogP contribution in [0.3, 0.4) is 0 Å².